The SMILES string of the molecule is CN=C(NCCCCN1CC(C)CC(C)C1)N1CCC(CC(=O)NC)CC1. The molecule has 6 heteroatoms. The Balaban J connectivity index is 1.60. The Labute approximate surface area is 166 Å². The number of hydrogen-bond donors (Lipinski definition) is 2. The number of piperidine rings is 2. The van der Waals surface area contributed by atoms with Crippen LogP contribution in [-0.2, 0) is 4.79 Å². The molecule has 2 rings (SSSR count). The Morgan fingerprint density at radius 2 is 1.78 bits per heavy atom. The Hall–Kier alpha value is -1.30. The largest absolute Gasteiger partial charge is 0.359 e. The molecule has 0 aromatic carbocycles. The van der Waals surface area contributed by atoms with Gasteiger partial charge >= 0.3 is 0 Å². The van der Waals surface area contributed by atoms with Gasteiger partial charge in [-0.1, -0.05) is 13.8 Å². The maximum atomic E-state index is 11.5. The quantitative estimate of drug-likeness (QED) is 0.404. The minimum Gasteiger partial charge on any atom is -0.359 e. The van der Waals surface area contributed by atoms with Crippen molar-refractivity contribution < 1.29 is 4.79 Å². The lowest BCUT2D eigenvalue weighted by molar-refractivity contribution is -0.121. The zero-order chi connectivity index (χ0) is 19.6. The average molecular weight is 380 g/mol. The lowest BCUT2D eigenvalue weighted by Gasteiger charge is -2.35. The molecule has 0 aromatic heterocycles. The van der Waals surface area contributed by atoms with Crippen LogP contribution in [0.25, 0.3) is 0 Å². The molecule has 1 amide bonds. The third-order valence-corrected chi connectivity index (χ3v) is 6.01. The van der Waals surface area contributed by atoms with E-state index in [1.54, 1.807) is 7.05 Å². The lowest BCUT2D eigenvalue weighted by atomic mass is 9.92. The first kappa shape index (κ1) is 22.0. The van der Waals surface area contributed by atoms with Crippen molar-refractivity contribution in [1.29, 1.82) is 0 Å². The monoisotopic (exact) mass is 379 g/mol. The molecule has 156 valence electrons. The highest BCUT2D eigenvalue weighted by Gasteiger charge is 2.23. The molecule has 2 atom stereocenters. The summed E-state index contributed by atoms with van der Waals surface area (Å²) < 4.78 is 0. The summed E-state index contributed by atoms with van der Waals surface area (Å²) in [7, 11) is 3.59. The van der Waals surface area contributed by atoms with Gasteiger partial charge in [-0.3, -0.25) is 9.79 Å². The summed E-state index contributed by atoms with van der Waals surface area (Å²) in [6, 6.07) is 0. The van der Waals surface area contributed by atoms with Crippen molar-refractivity contribution in [2.24, 2.45) is 22.7 Å². The van der Waals surface area contributed by atoms with Crippen LogP contribution in [0.2, 0.25) is 0 Å². The Kier molecular flexibility index (Phi) is 9.39. The predicted molar refractivity (Wildman–Crippen MR) is 113 cm³/mol. The van der Waals surface area contributed by atoms with E-state index in [9.17, 15) is 4.79 Å². The summed E-state index contributed by atoms with van der Waals surface area (Å²) in [6.45, 7) is 11.5. The van der Waals surface area contributed by atoms with Crippen molar-refractivity contribution >= 4 is 11.9 Å². The molecule has 0 radical (unpaired) electrons. The molecule has 2 N–H and O–H groups in total. The van der Waals surface area contributed by atoms with Gasteiger partial charge in [0.25, 0.3) is 0 Å². The van der Waals surface area contributed by atoms with Crippen LogP contribution in [0.15, 0.2) is 4.99 Å². The van der Waals surface area contributed by atoms with Crippen LogP contribution in [0.5, 0.6) is 0 Å². The summed E-state index contributed by atoms with van der Waals surface area (Å²) in [4.78, 5) is 21.0. The van der Waals surface area contributed by atoms with E-state index < -0.39 is 0 Å². The molecule has 0 aromatic rings. The van der Waals surface area contributed by atoms with Gasteiger partial charge in [-0.2, -0.15) is 0 Å². The van der Waals surface area contributed by atoms with Crippen LogP contribution < -0.4 is 10.6 Å². The highest BCUT2D eigenvalue weighted by Crippen LogP contribution is 2.21. The number of unbranched alkanes of at least 4 members (excludes halogenated alkanes) is 1. The van der Waals surface area contributed by atoms with Crippen molar-refractivity contribution in [3.05, 3.63) is 0 Å². The van der Waals surface area contributed by atoms with Crippen LogP contribution in [0.4, 0.5) is 0 Å². The normalized spacial score (nSPS) is 25.5. The minimum absolute atomic E-state index is 0.161. The first-order valence-corrected chi connectivity index (χ1v) is 10.9. The fourth-order valence-corrected chi connectivity index (χ4v) is 4.68. The number of guanidine groups is 1. The molecule has 2 aliphatic rings. The second kappa shape index (κ2) is 11.5. The molecule has 2 saturated heterocycles. The van der Waals surface area contributed by atoms with Crippen molar-refractivity contribution in [3.63, 3.8) is 0 Å². The van der Waals surface area contributed by atoms with Crippen molar-refractivity contribution in [3.8, 4) is 0 Å². The van der Waals surface area contributed by atoms with E-state index in [0.717, 1.165) is 50.3 Å². The molecule has 2 aliphatic heterocycles. The van der Waals surface area contributed by atoms with Crippen LogP contribution in [0.1, 0.15) is 52.4 Å². The Bertz CT molecular complexity index is 463. The fraction of sp³-hybridized carbons (Fsp3) is 0.905. The molecule has 2 fully saturated rings. The highest BCUT2D eigenvalue weighted by molar-refractivity contribution is 5.80. The fourth-order valence-electron chi connectivity index (χ4n) is 4.68. The smallest absolute Gasteiger partial charge is 0.220 e. The van der Waals surface area contributed by atoms with Crippen LogP contribution in [0.3, 0.4) is 0 Å². The second-order valence-corrected chi connectivity index (χ2v) is 8.69. The number of aliphatic imine (C=N–C) groups is 1. The number of carbonyl (C=O) groups is 1. The van der Waals surface area contributed by atoms with Crippen LogP contribution in [-0.4, -0.2) is 75.0 Å². The van der Waals surface area contributed by atoms with Crippen LogP contribution >= 0.6 is 0 Å². The molecule has 0 bridgehead atoms. The number of hydrogen-bond acceptors (Lipinski definition) is 3. The molecular weight excluding hydrogens is 338 g/mol. The molecule has 6 nitrogen and oxygen atoms in total. The topological polar surface area (TPSA) is 60.0 Å². The molecule has 2 heterocycles. The van der Waals surface area contributed by atoms with E-state index in [1.165, 1.54) is 38.9 Å². The van der Waals surface area contributed by atoms with E-state index in [2.05, 4.69) is 39.3 Å². The zero-order valence-electron chi connectivity index (χ0n) is 18.0. The van der Waals surface area contributed by atoms with Gasteiger partial charge in [0.1, 0.15) is 0 Å². The van der Waals surface area contributed by atoms with E-state index in [-0.39, 0.29) is 5.91 Å². The van der Waals surface area contributed by atoms with Crippen molar-refractivity contribution in [2.75, 3.05) is 53.4 Å². The van der Waals surface area contributed by atoms with Gasteiger partial charge in [-0.05, 0) is 56.4 Å². The zero-order valence-corrected chi connectivity index (χ0v) is 18.0. The number of likely N-dealkylation sites (tertiary alicyclic amines) is 2. The lowest BCUT2D eigenvalue weighted by Crippen LogP contribution is -2.46. The maximum Gasteiger partial charge on any atom is 0.220 e. The molecule has 27 heavy (non-hydrogen) atoms. The van der Waals surface area contributed by atoms with E-state index in [4.69, 9.17) is 0 Å². The average Bonchev–Trinajstić information content (AvgIpc) is 2.64. The van der Waals surface area contributed by atoms with E-state index >= 15 is 0 Å². The van der Waals surface area contributed by atoms with E-state index in [1.807, 2.05) is 7.05 Å². The Morgan fingerprint density at radius 1 is 1.11 bits per heavy atom. The molecule has 2 unspecified atom stereocenters. The minimum atomic E-state index is 0.161. The molecular formula is C21H41N5O. The molecule has 0 aliphatic carbocycles. The predicted octanol–water partition coefficient (Wildman–Crippen LogP) is 2.17. The standard InChI is InChI=1S/C21H41N5O/c1-17-13-18(2)16-25(15-17)10-6-5-9-24-21(23-4)26-11-7-19(8-12-26)14-20(27)22-3/h17-19H,5-16H2,1-4H3,(H,22,27)(H,23,24). The number of nitrogens with one attached hydrogen (secondary N) is 2. The number of amides is 1. The first-order chi connectivity index (χ1) is 13.0. The third-order valence-electron chi connectivity index (χ3n) is 6.01. The second-order valence-electron chi connectivity index (χ2n) is 8.69. The highest BCUT2D eigenvalue weighted by atomic mass is 16.1. The summed E-state index contributed by atoms with van der Waals surface area (Å²) >= 11 is 0. The van der Waals surface area contributed by atoms with Crippen molar-refractivity contribution in [1.82, 2.24) is 20.4 Å². The van der Waals surface area contributed by atoms with Crippen molar-refractivity contribution in [2.45, 2.75) is 52.4 Å². The summed E-state index contributed by atoms with van der Waals surface area (Å²) in [5.41, 5.74) is 0. The van der Waals surface area contributed by atoms with Gasteiger partial charge < -0.3 is 20.4 Å². The number of carbonyl (C=O) groups excluding carboxylic acids is 1. The van der Waals surface area contributed by atoms with Gasteiger partial charge in [-0.15, -0.1) is 0 Å². The van der Waals surface area contributed by atoms with E-state index in [0.29, 0.717) is 12.3 Å². The summed E-state index contributed by atoms with van der Waals surface area (Å²) in [5, 5.41) is 6.27. The van der Waals surface area contributed by atoms with Gasteiger partial charge in [0.15, 0.2) is 5.96 Å². The van der Waals surface area contributed by atoms with Gasteiger partial charge in [0.05, 0.1) is 0 Å². The summed E-state index contributed by atoms with van der Waals surface area (Å²) in [5.74, 6) is 3.38. The maximum absolute atomic E-state index is 11.5. The molecule has 0 saturated carbocycles. The summed E-state index contributed by atoms with van der Waals surface area (Å²) in [6.07, 6.45) is 6.61. The van der Waals surface area contributed by atoms with Gasteiger partial charge in [0, 0.05) is 53.2 Å². The Morgan fingerprint density at radius 3 is 2.37 bits per heavy atom. The third kappa shape index (κ3) is 7.68. The van der Waals surface area contributed by atoms with Crippen LogP contribution in [0, 0.1) is 17.8 Å². The van der Waals surface area contributed by atoms with Gasteiger partial charge in [-0.25, -0.2) is 0 Å². The first-order valence-electron chi connectivity index (χ1n) is 10.9. The molecule has 0 spiro atoms. The number of rotatable bonds is 7. The number of nitrogens with zero attached hydrogens (tertiary/aromatic N) is 3. The van der Waals surface area contributed by atoms with Gasteiger partial charge in [0.2, 0.25) is 5.91 Å².